The Morgan fingerprint density at radius 2 is 1.94 bits per heavy atom. The molecular weight excluding hydrogens is 228 g/mol. The molecule has 0 radical (unpaired) electrons. The van der Waals surface area contributed by atoms with Crippen molar-refractivity contribution < 1.29 is 9.15 Å². The van der Waals surface area contributed by atoms with Crippen LogP contribution in [0.15, 0.2) is 4.42 Å². The second kappa shape index (κ2) is 5.85. The maximum absolute atomic E-state index is 5.70. The van der Waals surface area contributed by atoms with E-state index in [1.165, 1.54) is 0 Å². The van der Waals surface area contributed by atoms with Crippen LogP contribution in [0.3, 0.4) is 0 Å². The van der Waals surface area contributed by atoms with Gasteiger partial charge in [0.05, 0.1) is 12.2 Å². The van der Waals surface area contributed by atoms with Gasteiger partial charge in [-0.2, -0.15) is 0 Å². The molecule has 0 amide bonds. The highest BCUT2D eigenvalue weighted by atomic mass is 16.5. The predicted molar refractivity (Wildman–Crippen MR) is 70.5 cm³/mol. The first-order valence-electron chi connectivity index (χ1n) is 6.84. The number of hydrogen-bond acceptors (Lipinski definition) is 4. The molecule has 0 spiro atoms. The Balaban J connectivity index is 2.05. The van der Waals surface area contributed by atoms with E-state index in [4.69, 9.17) is 9.15 Å². The molecule has 1 aliphatic rings. The fourth-order valence-corrected chi connectivity index (χ4v) is 2.51. The summed E-state index contributed by atoms with van der Waals surface area (Å²) in [6, 6.07) is 1.09. The maximum Gasteiger partial charge on any atom is 0.208 e. The van der Waals surface area contributed by atoms with Crippen LogP contribution in [-0.2, 0) is 11.3 Å². The van der Waals surface area contributed by atoms with Gasteiger partial charge in [0.2, 0.25) is 5.89 Å². The largest absolute Gasteiger partial charge is 0.444 e. The molecule has 1 aromatic heterocycles. The van der Waals surface area contributed by atoms with Gasteiger partial charge < -0.3 is 9.15 Å². The summed E-state index contributed by atoms with van der Waals surface area (Å²) in [7, 11) is 0. The molecule has 102 valence electrons. The summed E-state index contributed by atoms with van der Waals surface area (Å²) in [5.41, 5.74) is 1.00. The number of oxazole rings is 1. The zero-order valence-corrected chi connectivity index (χ0v) is 11.9. The smallest absolute Gasteiger partial charge is 0.208 e. The summed E-state index contributed by atoms with van der Waals surface area (Å²) in [6.45, 7) is 11.0. The van der Waals surface area contributed by atoms with Gasteiger partial charge in [-0.1, -0.05) is 0 Å². The molecule has 0 atom stereocenters. The van der Waals surface area contributed by atoms with E-state index in [0.29, 0.717) is 12.1 Å². The van der Waals surface area contributed by atoms with Crippen LogP contribution in [0.25, 0.3) is 0 Å². The van der Waals surface area contributed by atoms with Crippen LogP contribution in [0, 0.1) is 13.8 Å². The third-order valence-electron chi connectivity index (χ3n) is 3.71. The highest BCUT2D eigenvalue weighted by Gasteiger charge is 2.25. The van der Waals surface area contributed by atoms with Gasteiger partial charge in [-0.3, -0.25) is 4.90 Å². The zero-order valence-electron chi connectivity index (χ0n) is 11.9. The summed E-state index contributed by atoms with van der Waals surface area (Å²) < 4.78 is 11.1. The lowest BCUT2D eigenvalue weighted by molar-refractivity contribution is 0.0153. The minimum atomic E-state index is 0.501. The number of aryl methyl sites for hydroxylation is 2. The number of rotatable bonds is 4. The van der Waals surface area contributed by atoms with Crippen LogP contribution in [0.1, 0.15) is 44.0 Å². The number of ether oxygens (including phenoxy) is 1. The molecule has 18 heavy (non-hydrogen) atoms. The second-order valence-corrected chi connectivity index (χ2v) is 5.36. The monoisotopic (exact) mass is 252 g/mol. The van der Waals surface area contributed by atoms with Gasteiger partial charge in [0.1, 0.15) is 5.76 Å². The molecule has 0 bridgehead atoms. The van der Waals surface area contributed by atoms with Crippen molar-refractivity contribution in [1.29, 1.82) is 0 Å². The van der Waals surface area contributed by atoms with Gasteiger partial charge in [0.15, 0.2) is 0 Å². The van der Waals surface area contributed by atoms with E-state index in [0.717, 1.165) is 49.9 Å². The predicted octanol–water partition coefficient (Wildman–Crippen LogP) is 2.68. The van der Waals surface area contributed by atoms with Crippen molar-refractivity contribution in [2.24, 2.45) is 0 Å². The van der Waals surface area contributed by atoms with E-state index in [9.17, 15) is 0 Å². The van der Waals surface area contributed by atoms with Crippen molar-refractivity contribution >= 4 is 0 Å². The van der Waals surface area contributed by atoms with E-state index < -0.39 is 0 Å². The first-order chi connectivity index (χ1) is 8.58. The topological polar surface area (TPSA) is 38.5 Å². The Labute approximate surface area is 109 Å². The molecule has 0 unspecified atom stereocenters. The Bertz CT molecular complexity index is 362. The standard InChI is InChI=1S/C14H24N2O2/c1-10(2)16(13-5-7-17-8-6-13)9-14-15-11(3)12(4)18-14/h10,13H,5-9H2,1-4H3. The minimum Gasteiger partial charge on any atom is -0.444 e. The molecule has 0 saturated carbocycles. The van der Waals surface area contributed by atoms with Crippen molar-refractivity contribution in [2.45, 2.75) is 59.2 Å². The summed E-state index contributed by atoms with van der Waals surface area (Å²) in [6.07, 6.45) is 2.22. The molecule has 4 nitrogen and oxygen atoms in total. The number of nitrogens with zero attached hydrogens (tertiary/aromatic N) is 2. The van der Waals surface area contributed by atoms with Gasteiger partial charge in [-0.15, -0.1) is 0 Å². The van der Waals surface area contributed by atoms with Crippen LogP contribution >= 0.6 is 0 Å². The van der Waals surface area contributed by atoms with E-state index in [1.54, 1.807) is 0 Å². The summed E-state index contributed by atoms with van der Waals surface area (Å²) in [4.78, 5) is 6.97. The van der Waals surface area contributed by atoms with Crippen LogP contribution in [0.2, 0.25) is 0 Å². The SMILES string of the molecule is Cc1nc(CN(C(C)C)C2CCOCC2)oc1C. The number of hydrogen-bond donors (Lipinski definition) is 0. The molecule has 1 saturated heterocycles. The van der Waals surface area contributed by atoms with Crippen molar-refractivity contribution in [2.75, 3.05) is 13.2 Å². The molecule has 0 aromatic carbocycles. The average Bonchev–Trinajstić information content (AvgIpc) is 2.66. The second-order valence-electron chi connectivity index (χ2n) is 5.36. The minimum absolute atomic E-state index is 0.501. The third kappa shape index (κ3) is 3.12. The van der Waals surface area contributed by atoms with Crippen molar-refractivity contribution in [3.05, 3.63) is 17.3 Å². The summed E-state index contributed by atoms with van der Waals surface area (Å²) >= 11 is 0. The molecule has 1 fully saturated rings. The maximum atomic E-state index is 5.70. The molecule has 1 aromatic rings. The van der Waals surface area contributed by atoms with Gasteiger partial charge in [0.25, 0.3) is 0 Å². The highest BCUT2D eigenvalue weighted by molar-refractivity contribution is 5.05. The normalized spacial score (nSPS) is 17.9. The van der Waals surface area contributed by atoms with E-state index in [2.05, 4.69) is 23.7 Å². The molecule has 0 N–H and O–H groups in total. The lowest BCUT2D eigenvalue weighted by Gasteiger charge is -2.36. The van der Waals surface area contributed by atoms with Crippen molar-refractivity contribution in [3.63, 3.8) is 0 Å². The van der Waals surface area contributed by atoms with E-state index in [1.807, 2.05) is 13.8 Å². The van der Waals surface area contributed by atoms with Crippen molar-refractivity contribution in [1.82, 2.24) is 9.88 Å². The first-order valence-corrected chi connectivity index (χ1v) is 6.84. The third-order valence-corrected chi connectivity index (χ3v) is 3.71. The lowest BCUT2D eigenvalue weighted by atomic mass is 10.1. The molecule has 2 rings (SSSR count). The molecule has 1 aliphatic heterocycles. The Kier molecular flexibility index (Phi) is 4.40. The molecule has 2 heterocycles. The van der Waals surface area contributed by atoms with Gasteiger partial charge in [-0.05, 0) is 40.5 Å². The van der Waals surface area contributed by atoms with Crippen LogP contribution < -0.4 is 0 Å². The van der Waals surface area contributed by atoms with Gasteiger partial charge in [-0.25, -0.2) is 4.98 Å². The van der Waals surface area contributed by atoms with Crippen LogP contribution in [0.5, 0.6) is 0 Å². The van der Waals surface area contributed by atoms with Gasteiger partial charge >= 0.3 is 0 Å². The Morgan fingerprint density at radius 3 is 2.44 bits per heavy atom. The van der Waals surface area contributed by atoms with Crippen LogP contribution in [-0.4, -0.2) is 35.2 Å². The van der Waals surface area contributed by atoms with Gasteiger partial charge in [0, 0.05) is 25.3 Å². The Morgan fingerprint density at radius 1 is 1.28 bits per heavy atom. The average molecular weight is 252 g/mol. The van der Waals surface area contributed by atoms with E-state index in [-0.39, 0.29) is 0 Å². The summed E-state index contributed by atoms with van der Waals surface area (Å²) in [5.74, 6) is 1.77. The zero-order chi connectivity index (χ0) is 13.1. The van der Waals surface area contributed by atoms with E-state index >= 15 is 0 Å². The first kappa shape index (κ1) is 13.6. The molecule has 4 heteroatoms. The fraction of sp³-hybridized carbons (Fsp3) is 0.786. The lowest BCUT2D eigenvalue weighted by Crippen LogP contribution is -2.43. The van der Waals surface area contributed by atoms with Crippen molar-refractivity contribution in [3.8, 4) is 0 Å². The number of aromatic nitrogens is 1. The molecule has 0 aliphatic carbocycles. The highest BCUT2D eigenvalue weighted by Crippen LogP contribution is 2.20. The molecular formula is C14H24N2O2. The van der Waals surface area contributed by atoms with Crippen LogP contribution in [0.4, 0.5) is 0 Å². The summed E-state index contributed by atoms with van der Waals surface area (Å²) in [5, 5.41) is 0. The quantitative estimate of drug-likeness (QED) is 0.826. The fourth-order valence-electron chi connectivity index (χ4n) is 2.51. The Hall–Kier alpha value is -0.870.